The summed E-state index contributed by atoms with van der Waals surface area (Å²) in [4.78, 5) is 97.7. The van der Waals surface area contributed by atoms with Gasteiger partial charge in [0, 0.05) is 58.2 Å². The molecule has 3 rings (SSSR count). The van der Waals surface area contributed by atoms with Crippen molar-refractivity contribution in [2.75, 3.05) is 39.9 Å². The molecule has 0 saturated carbocycles. The van der Waals surface area contributed by atoms with Crippen LogP contribution in [0.5, 0.6) is 0 Å². The first-order chi connectivity index (χ1) is 27.6. The first-order valence-corrected chi connectivity index (χ1v) is 19.6. The lowest BCUT2D eigenvalue weighted by Gasteiger charge is -2.33. The minimum absolute atomic E-state index is 0.0582. The largest absolute Gasteiger partial charge is 0.393 e. The zero-order valence-electron chi connectivity index (χ0n) is 34.3. The molecule has 4 amide bonds. The van der Waals surface area contributed by atoms with E-state index in [1.807, 2.05) is 78.9 Å². The summed E-state index contributed by atoms with van der Waals surface area (Å²) in [5, 5.41) is 10.8. The molecular formula is C45H58N4O9. The van der Waals surface area contributed by atoms with Gasteiger partial charge in [0.2, 0.25) is 23.6 Å². The highest BCUT2D eigenvalue weighted by molar-refractivity contribution is 5.95. The molecule has 0 radical (unpaired) electrons. The number of ether oxygens (including phenoxy) is 1. The number of primary amides is 1. The summed E-state index contributed by atoms with van der Waals surface area (Å²) >= 11 is 0. The summed E-state index contributed by atoms with van der Waals surface area (Å²) < 4.78 is 5.11. The van der Waals surface area contributed by atoms with Crippen molar-refractivity contribution < 1.29 is 43.4 Å². The monoisotopic (exact) mass is 798 g/mol. The molecule has 3 aromatic rings. The van der Waals surface area contributed by atoms with Crippen molar-refractivity contribution in [2.45, 2.75) is 72.1 Å². The fraction of sp³-hybridized carbons (Fsp3) is 0.444. The fourth-order valence-corrected chi connectivity index (χ4v) is 6.67. The van der Waals surface area contributed by atoms with Crippen LogP contribution in [0.15, 0.2) is 91.0 Å². The summed E-state index contributed by atoms with van der Waals surface area (Å²) in [7, 11) is 1.49. The number of aliphatic hydroxyl groups is 1. The molecule has 0 fully saturated rings. The molecular weight excluding hydrogens is 741 g/mol. The Labute approximate surface area is 341 Å². The molecule has 3 aromatic carbocycles. The van der Waals surface area contributed by atoms with E-state index in [0.29, 0.717) is 0 Å². The first-order valence-electron chi connectivity index (χ1n) is 19.6. The highest BCUT2D eigenvalue weighted by Gasteiger charge is 2.34. The standard InChI is InChI=1S/C45H58N4O9/c1-31(45(46)57)23-41(53)38(24-35-15-9-6-10-16-35)25-42(54)40(33(3)50)26-39(52)28-49(32(2)37-19-13-8-14-20-37)44(56)30-48(27-36-17-11-7-12-18-36)43(55)29-47(34(4)51)21-22-58-5/h6-20,31-33,38,40,50H,21-30H2,1-5H3,(H2,46,57). The van der Waals surface area contributed by atoms with Crippen LogP contribution in [0.3, 0.4) is 0 Å². The summed E-state index contributed by atoms with van der Waals surface area (Å²) in [6.07, 6.45) is -1.89. The maximum Gasteiger partial charge on any atom is 0.243 e. The van der Waals surface area contributed by atoms with Gasteiger partial charge in [-0.2, -0.15) is 0 Å². The molecule has 0 aromatic heterocycles. The zero-order chi connectivity index (χ0) is 42.8. The van der Waals surface area contributed by atoms with Crippen molar-refractivity contribution in [3.8, 4) is 0 Å². The Hall–Kier alpha value is -5.53. The summed E-state index contributed by atoms with van der Waals surface area (Å²) in [5.41, 5.74) is 7.71. The number of methoxy groups -OCH3 is 1. The first kappa shape index (κ1) is 46.8. The summed E-state index contributed by atoms with van der Waals surface area (Å²) in [6.45, 7) is 5.35. The number of nitrogens with two attached hydrogens (primary N) is 1. The van der Waals surface area contributed by atoms with Gasteiger partial charge in [0.15, 0.2) is 5.78 Å². The Morgan fingerprint density at radius 2 is 1.24 bits per heavy atom. The number of hydrogen-bond acceptors (Lipinski definition) is 9. The van der Waals surface area contributed by atoms with Crippen LogP contribution in [-0.4, -0.2) is 107 Å². The normalized spacial score (nSPS) is 13.6. The van der Waals surface area contributed by atoms with Crippen LogP contribution in [0.25, 0.3) is 0 Å². The Bertz CT molecular complexity index is 1820. The number of Topliss-reactive ketones (excluding diaryl/α,β-unsaturated/α-hetero) is 3. The molecule has 13 heteroatoms. The van der Waals surface area contributed by atoms with Gasteiger partial charge >= 0.3 is 0 Å². The van der Waals surface area contributed by atoms with E-state index in [2.05, 4.69) is 0 Å². The molecule has 0 bridgehead atoms. The van der Waals surface area contributed by atoms with Gasteiger partial charge in [-0.15, -0.1) is 0 Å². The zero-order valence-corrected chi connectivity index (χ0v) is 34.3. The van der Waals surface area contributed by atoms with E-state index in [1.165, 1.54) is 35.7 Å². The predicted molar refractivity (Wildman–Crippen MR) is 219 cm³/mol. The number of aliphatic hydroxyl groups excluding tert-OH is 1. The lowest BCUT2D eigenvalue weighted by Crippen LogP contribution is -2.48. The van der Waals surface area contributed by atoms with Crippen LogP contribution in [0, 0.1) is 17.8 Å². The number of carbonyl (C=O) groups excluding carboxylic acids is 7. The Morgan fingerprint density at radius 3 is 1.78 bits per heavy atom. The molecule has 0 aliphatic rings. The smallest absolute Gasteiger partial charge is 0.243 e. The summed E-state index contributed by atoms with van der Waals surface area (Å²) in [6, 6.07) is 26.6. The molecule has 0 saturated heterocycles. The average Bonchev–Trinajstić information content (AvgIpc) is 3.20. The molecule has 0 spiro atoms. The number of ketones is 3. The topological polar surface area (TPSA) is 185 Å². The maximum absolute atomic E-state index is 14.4. The minimum atomic E-state index is -1.26. The molecule has 58 heavy (non-hydrogen) atoms. The minimum Gasteiger partial charge on any atom is -0.393 e. The third-order valence-electron chi connectivity index (χ3n) is 10.3. The number of benzene rings is 3. The van der Waals surface area contributed by atoms with Gasteiger partial charge in [-0.1, -0.05) is 97.9 Å². The van der Waals surface area contributed by atoms with Crippen LogP contribution < -0.4 is 5.73 Å². The van der Waals surface area contributed by atoms with Crippen molar-refractivity contribution in [1.82, 2.24) is 14.7 Å². The summed E-state index contributed by atoms with van der Waals surface area (Å²) in [5.74, 6) is -6.08. The lowest BCUT2D eigenvalue weighted by atomic mass is 9.81. The van der Waals surface area contributed by atoms with Crippen LogP contribution in [0.1, 0.15) is 69.7 Å². The lowest BCUT2D eigenvalue weighted by molar-refractivity contribution is -0.146. The SMILES string of the molecule is COCCN(CC(=O)N(CC(=O)N(CC(=O)CC(C(=O)CC(Cc1ccccc1)C(=O)CC(C)C(N)=O)C(C)O)C(C)c1ccccc1)Cc1ccccc1)C(C)=O. The number of nitrogens with zero attached hydrogens (tertiary/aromatic N) is 3. The van der Waals surface area contributed by atoms with Crippen molar-refractivity contribution >= 4 is 41.0 Å². The van der Waals surface area contributed by atoms with Gasteiger partial charge in [-0.25, -0.2) is 0 Å². The quantitative estimate of drug-likeness (QED) is 0.128. The van der Waals surface area contributed by atoms with Gasteiger partial charge in [0.25, 0.3) is 0 Å². The fourth-order valence-electron chi connectivity index (χ4n) is 6.67. The maximum atomic E-state index is 14.4. The number of rotatable bonds is 25. The molecule has 0 heterocycles. The highest BCUT2D eigenvalue weighted by Crippen LogP contribution is 2.25. The van der Waals surface area contributed by atoms with Gasteiger partial charge in [0.1, 0.15) is 18.1 Å². The Kier molecular flexibility index (Phi) is 19.1. The van der Waals surface area contributed by atoms with Crippen LogP contribution in [0.2, 0.25) is 0 Å². The van der Waals surface area contributed by atoms with Crippen LogP contribution in [-0.2, 0) is 51.3 Å². The van der Waals surface area contributed by atoms with Gasteiger partial charge in [-0.05, 0) is 37.0 Å². The van der Waals surface area contributed by atoms with E-state index in [-0.39, 0.29) is 57.2 Å². The molecule has 5 atom stereocenters. The van der Waals surface area contributed by atoms with E-state index < -0.39 is 78.7 Å². The van der Waals surface area contributed by atoms with Gasteiger partial charge < -0.3 is 30.3 Å². The van der Waals surface area contributed by atoms with E-state index in [1.54, 1.807) is 26.0 Å². The van der Waals surface area contributed by atoms with Gasteiger partial charge in [-0.3, -0.25) is 33.6 Å². The second kappa shape index (κ2) is 23.6. The molecule has 3 N–H and O–H groups in total. The third-order valence-corrected chi connectivity index (χ3v) is 10.3. The van der Waals surface area contributed by atoms with Crippen molar-refractivity contribution in [1.29, 1.82) is 0 Å². The van der Waals surface area contributed by atoms with E-state index in [0.717, 1.165) is 16.7 Å². The third kappa shape index (κ3) is 15.1. The Morgan fingerprint density at radius 1 is 0.690 bits per heavy atom. The van der Waals surface area contributed by atoms with E-state index in [9.17, 15) is 38.7 Å². The average molecular weight is 799 g/mol. The second-order valence-electron chi connectivity index (χ2n) is 14.9. The molecule has 0 aliphatic carbocycles. The van der Waals surface area contributed by atoms with E-state index >= 15 is 0 Å². The molecule has 312 valence electrons. The van der Waals surface area contributed by atoms with Crippen LogP contribution in [0.4, 0.5) is 0 Å². The second-order valence-corrected chi connectivity index (χ2v) is 14.9. The van der Waals surface area contributed by atoms with Gasteiger partial charge in [0.05, 0.1) is 37.8 Å². The number of hydrogen-bond donors (Lipinski definition) is 2. The molecule has 13 nitrogen and oxygen atoms in total. The molecule has 0 aliphatic heterocycles. The predicted octanol–water partition coefficient (Wildman–Crippen LogP) is 3.95. The number of amides is 4. The van der Waals surface area contributed by atoms with Crippen molar-refractivity contribution in [3.63, 3.8) is 0 Å². The van der Waals surface area contributed by atoms with E-state index in [4.69, 9.17) is 10.5 Å². The van der Waals surface area contributed by atoms with Crippen molar-refractivity contribution in [2.24, 2.45) is 23.5 Å². The van der Waals surface area contributed by atoms with Crippen LogP contribution >= 0.6 is 0 Å². The highest BCUT2D eigenvalue weighted by atomic mass is 16.5. The number of carbonyl (C=O) groups is 7. The van der Waals surface area contributed by atoms with Crippen molar-refractivity contribution in [3.05, 3.63) is 108 Å². The Balaban J connectivity index is 1.89. The molecule has 5 unspecified atom stereocenters.